The lowest BCUT2D eigenvalue weighted by molar-refractivity contribution is 0.0797. The highest BCUT2D eigenvalue weighted by atomic mass is 32.2. The average molecular weight is 393 g/mol. The topological polar surface area (TPSA) is 79.6 Å². The summed E-state index contributed by atoms with van der Waals surface area (Å²) in [4.78, 5) is 17.8. The smallest absolute Gasteiger partial charge is 0.274 e. The largest absolute Gasteiger partial charge is 0.394 e. The molecule has 4 aromatic rings. The van der Waals surface area contributed by atoms with Crippen LogP contribution in [0.25, 0.3) is 16.8 Å². The number of aliphatic hydroxyl groups excluding tert-OH is 1. The van der Waals surface area contributed by atoms with E-state index in [-0.39, 0.29) is 25.4 Å². The lowest BCUT2D eigenvalue weighted by Crippen LogP contribution is -2.16. The first kappa shape index (κ1) is 18.5. The number of hydrogen-bond acceptors (Lipinski definition) is 5. The van der Waals surface area contributed by atoms with Gasteiger partial charge < -0.3 is 14.8 Å². The second-order valence-corrected chi connectivity index (χ2v) is 7.31. The minimum Gasteiger partial charge on any atom is -0.394 e. The number of H-pyrrole nitrogens is 1. The fourth-order valence-electron chi connectivity index (χ4n) is 2.90. The second kappa shape index (κ2) is 8.43. The summed E-state index contributed by atoms with van der Waals surface area (Å²) in [5, 5.41) is 13.0. The quantitative estimate of drug-likeness (QED) is 0.471. The summed E-state index contributed by atoms with van der Waals surface area (Å²) in [5.74, 6) is 0. The number of nitrogens with one attached hydrogen (secondary N) is 1. The first-order valence-electron chi connectivity index (χ1n) is 8.86. The number of nitrogens with zero attached hydrogens (tertiary/aromatic N) is 2. The third-order valence-corrected chi connectivity index (χ3v) is 5.21. The van der Waals surface area contributed by atoms with E-state index in [1.807, 2.05) is 30.3 Å². The van der Waals surface area contributed by atoms with E-state index in [9.17, 15) is 4.79 Å². The molecule has 6 nitrogen and oxygen atoms in total. The van der Waals surface area contributed by atoms with E-state index in [2.05, 4.69) is 34.3 Å². The van der Waals surface area contributed by atoms with Crippen LogP contribution < -0.4 is 5.56 Å². The number of benzene rings is 2. The fourth-order valence-corrected chi connectivity index (χ4v) is 3.73. The van der Waals surface area contributed by atoms with E-state index in [1.54, 1.807) is 18.0 Å². The zero-order valence-electron chi connectivity index (χ0n) is 15.0. The Morgan fingerprint density at radius 1 is 1.07 bits per heavy atom. The molecular weight excluding hydrogens is 374 g/mol. The number of fused-ring (bicyclic) bond motifs is 1. The van der Waals surface area contributed by atoms with Gasteiger partial charge in [-0.2, -0.15) is 9.61 Å². The summed E-state index contributed by atoms with van der Waals surface area (Å²) in [7, 11) is 0. The predicted octanol–water partition coefficient (Wildman–Crippen LogP) is 3.35. The van der Waals surface area contributed by atoms with Crippen molar-refractivity contribution in [1.82, 2.24) is 14.6 Å². The molecular formula is C21H19N3O3S. The molecule has 2 N–H and O–H groups in total. The van der Waals surface area contributed by atoms with E-state index < -0.39 is 0 Å². The highest BCUT2D eigenvalue weighted by Gasteiger charge is 2.11. The van der Waals surface area contributed by atoms with Crippen LogP contribution in [0.2, 0.25) is 0 Å². The first-order chi connectivity index (χ1) is 13.7. The Balaban J connectivity index is 1.62. The van der Waals surface area contributed by atoms with Gasteiger partial charge in [0.15, 0.2) is 0 Å². The fraction of sp³-hybridized carbons (Fsp3) is 0.143. The van der Waals surface area contributed by atoms with Crippen LogP contribution in [0.5, 0.6) is 0 Å². The molecule has 0 aliphatic rings. The molecule has 0 bridgehead atoms. The second-order valence-electron chi connectivity index (χ2n) is 6.17. The highest BCUT2D eigenvalue weighted by molar-refractivity contribution is 7.99. The van der Waals surface area contributed by atoms with E-state index in [0.29, 0.717) is 11.3 Å². The van der Waals surface area contributed by atoms with Gasteiger partial charge in [-0.25, -0.2) is 0 Å². The molecule has 0 amide bonds. The number of ether oxygens (including phenoxy) is 1. The molecule has 0 radical (unpaired) electrons. The monoisotopic (exact) mass is 393 g/mol. The Kier molecular flexibility index (Phi) is 5.57. The van der Waals surface area contributed by atoms with Gasteiger partial charge >= 0.3 is 0 Å². The maximum atomic E-state index is 12.3. The maximum absolute atomic E-state index is 12.3. The molecule has 0 saturated heterocycles. The average Bonchev–Trinajstić information content (AvgIpc) is 3.14. The van der Waals surface area contributed by atoms with Crippen molar-refractivity contribution in [2.45, 2.75) is 16.4 Å². The molecule has 0 unspecified atom stereocenters. The Bertz CT molecular complexity index is 1120. The zero-order valence-corrected chi connectivity index (χ0v) is 15.9. The number of aromatic amines is 1. The lowest BCUT2D eigenvalue weighted by Gasteiger charge is -2.06. The molecule has 0 saturated carbocycles. The van der Waals surface area contributed by atoms with Crippen LogP contribution in [-0.2, 0) is 11.3 Å². The number of aromatic nitrogens is 3. The van der Waals surface area contributed by atoms with Crippen LogP contribution in [-0.4, -0.2) is 32.9 Å². The number of rotatable bonds is 7. The molecule has 2 aromatic carbocycles. The van der Waals surface area contributed by atoms with Gasteiger partial charge in [0.2, 0.25) is 0 Å². The van der Waals surface area contributed by atoms with Crippen molar-refractivity contribution < 1.29 is 9.84 Å². The first-order valence-corrected chi connectivity index (χ1v) is 9.68. The van der Waals surface area contributed by atoms with Gasteiger partial charge in [-0.15, -0.1) is 0 Å². The Labute approximate surface area is 165 Å². The molecule has 4 rings (SSSR count). The van der Waals surface area contributed by atoms with Gasteiger partial charge in [0, 0.05) is 27.1 Å². The zero-order chi connectivity index (χ0) is 19.3. The van der Waals surface area contributed by atoms with E-state index in [0.717, 1.165) is 16.0 Å². The van der Waals surface area contributed by atoms with Crippen LogP contribution in [0.4, 0.5) is 0 Å². The van der Waals surface area contributed by atoms with Gasteiger partial charge in [-0.1, -0.05) is 42.1 Å². The number of aliphatic hydroxyl groups is 1. The normalized spacial score (nSPS) is 11.2. The summed E-state index contributed by atoms with van der Waals surface area (Å²) < 4.78 is 6.66. The van der Waals surface area contributed by atoms with E-state index in [4.69, 9.17) is 9.84 Å². The Morgan fingerprint density at radius 2 is 1.82 bits per heavy atom. The molecule has 142 valence electrons. The van der Waals surface area contributed by atoms with Crippen LogP contribution in [0.15, 0.2) is 81.4 Å². The highest BCUT2D eigenvalue weighted by Crippen LogP contribution is 2.30. The molecule has 28 heavy (non-hydrogen) atoms. The molecule has 0 atom stereocenters. The van der Waals surface area contributed by atoms with Crippen LogP contribution in [0, 0.1) is 0 Å². The summed E-state index contributed by atoms with van der Waals surface area (Å²) in [6.45, 7) is 0.390. The standard InChI is InChI=1S/C21H19N3O3S/c25-10-11-27-14-16-12-20(26)24-21(23-16)19(13-22-24)15-6-8-18(9-7-15)28-17-4-2-1-3-5-17/h1-9,12-13,23,25H,10-11,14H2. The molecule has 0 fully saturated rings. The lowest BCUT2D eigenvalue weighted by atomic mass is 10.1. The van der Waals surface area contributed by atoms with Crippen LogP contribution in [0.3, 0.4) is 0 Å². The summed E-state index contributed by atoms with van der Waals surface area (Å²) in [6, 6.07) is 19.8. The molecule has 0 spiro atoms. The van der Waals surface area contributed by atoms with Crippen molar-refractivity contribution >= 4 is 17.4 Å². The third-order valence-electron chi connectivity index (χ3n) is 4.19. The van der Waals surface area contributed by atoms with Crippen LogP contribution in [0.1, 0.15) is 5.69 Å². The van der Waals surface area contributed by atoms with Crippen molar-refractivity contribution in [2.75, 3.05) is 13.2 Å². The predicted molar refractivity (Wildman–Crippen MR) is 109 cm³/mol. The minimum absolute atomic E-state index is 0.0578. The van der Waals surface area contributed by atoms with Crippen molar-refractivity contribution in [3.63, 3.8) is 0 Å². The van der Waals surface area contributed by atoms with Crippen LogP contribution >= 0.6 is 11.8 Å². The summed E-state index contributed by atoms with van der Waals surface area (Å²) in [5.41, 5.74) is 2.86. The minimum atomic E-state index is -0.223. The van der Waals surface area contributed by atoms with E-state index in [1.165, 1.54) is 15.5 Å². The van der Waals surface area contributed by atoms with Crippen molar-refractivity contribution in [3.05, 3.63) is 82.9 Å². The van der Waals surface area contributed by atoms with Crippen molar-refractivity contribution in [1.29, 1.82) is 0 Å². The SMILES string of the molecule is O=c1cc(COCCO)[nH]c2c(-c3ccc(Sc4ccccc4)cc3)cnn12. The summed E-state index contributed by atoms with van der Waals surface area (Å²) >= 11 is 1.70. The summed E-state index contributed by atoms with van der Waals surface area (Å²) in [6.07, 6.45) is 1.69. The Hall–Kier alpha value is -2.87. The molecule has 7 heteroatoms. The maximum Gasteiger partial charge on any atom is 0.274 e. The van der Waals surface area contributed by atoms with Gasteiger partial charge in [-0.3, -0.25) is 4.79 Å². The molecule has 0 aliphatic heterocycles. The molecule has 2 aromatic heterocycles. The molecule has 2 heterocycles. The van der Waals surface area contributed by atoms with E-state index >= 15 is 0 Å². The van der Waals surface area contributed by atoms with Gasteiger partial charge in [0.05, 0.1) is 26.0 Å². The Morgan fingerprint density at radius 3 is 2.57 bits per heavy atom. The molecule has 0 aliphatic carbocycles. The van der Waals surface area contributed by atoms with Gasteiger partial charge in [0.1, 0.15) is 5.65 Å². The van der Waals surface area contributed by atoms with Crippen molar-refractivity contribution in [3.8, 4) is 11.1 Å². The van der Waals surface area contributed by atoms with Crippen molar-refractivity contribution in [2.24, 2.45) is 0 Å². The van der Waals surface area contributed by atoms with Gasteiger partial charge in [-0.05, 0) is 29.8 Å². The van der Waals surface area contributed by atoms with Gasteiger partial charge in [0.25, 0.3) is 5.56 Å². The third kappa shape index (κ3) is 4.01. The number of hydrogen-bond donors (Lipinski definition) is 2.